The van der Waals surface area contributed by atoms with Crippen LogP contribution in [0.1, 0.15) is 37.3 Å². The normalized spacial score (nSPS) is 17.2. The number of aryl methyl sites for hydroxylation is 1. The van der Waals surface area contributed by atoms with Crippen molar-refractivity contribution in [3.8, 4) is 11.6 Å². The molecule has 0 radical (unpaired) electrons. The Kier molecular flexibility index (Phi) is 6.69. The van der Waals surface area contributed by atoms with E-state index in [9.17, 15) is 4.79 Å². The predicted molar refractivity (Wildman–Crippen MR) is 126 cm³/mol. The van der Waals surface area contributed by atoms with Gasteiger partial charge < -0.3 is 14.5 Å². The van der Waals surface area contributed by atoms with Crippen molar-refractivity contribution in [3.63, 3.8) is 0 Å². The predicted octanol–water partition coefficient (Wildman–Crippen LogP) is 4.81. The smallest absolute Gasteiger partial charge is 0.230 e. The summed E-state index contributed by atoms with van der Waals surface area (Å²) >= 11 is 0. The molecule has 1 fully saturated rings. The van der Waals surface area contributed by atoms with Gasteiger partial charge in [-0.2, -0.15) is 0 Å². The lowest BCUT2D eigenvalue weighted by atomic mass is 9.94. The molecule has 4 rings (SSSR count). The lowest BCUT2D eigenvalue weighted by Gasteiger charge is -2.41. The number of carbonyl (C=O) groups is 1. The van der Waals surface area contributed by atoms with Gasteiger partial charge in [0.15, 0.2) is 0 Å². The van der Waals surface area contributed by atoms with Crippen LogP contribution >= 0.6 is 0 Å². The first-order valence-corrected chi connectivity index (χ1v) is 11.2. The number of carbonyl (C=O) groups excluding carboxylic acids is 1. The summed E-state index contributed by atoms with van der Waals surface area (Å²) in [4.78, 5) is 26.3. The Morgan fingerprint density at radius 1 is 1.09 bits per heavy atom. The molecule has 0 unspecified atom stereocenters. The molecule has 1 aliphatic heterocycles. The van der Waals surface area contributed by atoms with Gasteiger partial charge in [0.1, 0.15) is 17.9 Å². The maximum absolute atomic E-state index is 13.3. The maximum Gasteiger partial charge on any atom is 0.230 e. The molecule has 1 saturated heterocycles. The third-order valence-corrected chi connectivity index (χ3v) is 6.08. The van der Waals surface area contributed by atoms with Gasteiger partial charge in [-0.25, -0.2) is 9.97 Å². The molecule has 1 amide bonds. The topological polar surface area (TPSA) is 58.6 Å². The van der Waals surface area contributed by atoms with E-state index in [-0.39, 0.29) is 17.9 Å². The van der Waals surface area contributed by atoms with E-state index in [2.05, 4.69) is 28.7 Å². The molecule has 0 spiro atoms. The zero-order chi connectivity index (χ0) is 22.5. The van der Waals surface area contributed by atoms with E-state index in [1.807, 2.05) is 72.5 Å². The fourth-order valence-electron chi connectivity index (χ4n) is 4.27. The van der Waals surface area contributed by atoms with Gasteiger partial charge in [-0.3, -0.25) is 4.79 Å². The van der Waals surface area contributed by atoms with Crippen LogP contribution in [-0.4, -0.2) is 46.5 Å². The molecular formula is C26H30N4O2. The number of nitrogens with zero attached hydrogens (tertiary/aromatic N) is 4. The number of benzene rings is 2. The zero-order valence-corrected chi connectivity index (χ0v) is 18.9. The Hall–Kier alpha value is -3.41. The Morgan fingerprint density at radius 2 is 1.84 bits per heavy atom. The molecule has 0 bridgehead atoms. The van der Waals surface area contributed by atoms with Gasteiger partial charge in [0.05, 0.1) is 5.92 Å². The molecule has 0 aliphatic carbocycles. The second-order valence-electron chi connectivity index (χ2n) is 8.28. The van der Waals surface area contributed by atoms with Crippen molar-refractivity contribution in [2.45, 2.75) is 39.2 Å². The second kappa shape index (κ2) is 9.81. The van der Waals surface area contributed by atoms with Gasteiger partial charge in [0.25, 0.3) is 0 Å². The SMILES string of the molecule is CC[C@@H](C(=O)N1CCN(c2cc(Oc3ccccc3C)ncn2)C[C@@H]1C)c1ccccc1. The zero-order valence-electron chi connectivity index (χ0n) is 18.9. The van der Waals surface area contributed by atoms with Gasteiger partial charge >= 0.3 is 0 Å². The molecule has 3 aromatic rings. The minimum absolute atomic E-state index is 0.0877. The minimum Gasteiger partial charge on any atom is -0.439 e. The Morgan fingerprint density at radius 3 is 2.56 bits per heavy atom. The Labute approximate surface area is 189 Å². The standard InChI is InChI=1S/C26H30N4O2/c1-4-22(21-11-6-5-7-12-21)26(31)30-15-14-29(17-20(30)3)24-16-25(28-18-27-24)32-23-13-9-8-10-19(23)2/h5-13,16,18,20,22H,4,14-15,17H2,1-3H3/t20-,22+/m0/s1. The molecular weight excluding hydrogens is 400 g/mol. The summed E-state index contributed by atoms with van der Waals surface area (Å²) in [6.45, 7) is 8.30. The first-order chi connectivity index (χ1) is 15.6. The molecule has 0 saturated carbocycles. The molecule has 32 heavy (non-hydrogen) atoms. The number of anilines is 1. The van der Waals surface area contributed by atoms with Crippen LogP contribution in [0.4, 0.5) is 5.82 Å². The van der Waals surface area contributed by atoms with Crippen LogP contribution in [0.3, 0.4) is 0 Å². The van der Waals surface area contributed by atoms with E-state index in [0.717, 1.165) is 42.2 Å². The highest BCUT2D eigenvalue weighted by atomic mass is 16.5. The first kappa shape index (κ1) is 21.8. The van der Waals surface area contributed by atoms with Gasteiger partial charge in [-0.05, 0) is 37.5 Å². The number of piperazine rings is 1. The Bertz CT molecular complexity index is 1060. The third kappa shape index (κ3) is 4.74. The van der Waals surface area contributed by atoms with Crippen LogP contribution in [-0.2, 0) is 4.79 Å². The van der Waals surface area contributed by atoms with Crippen molar-refractivity contribution in [1.82, 2.24) is 14.9 Å². The molecule has 2 heterocycles. The number of para-hydroxylation sites is 1. The largest absolute Gasteiger partial charge is 0.439 e. The monoisotopic (exact) mass is 430 g/mol. The lowest BCUT2D eigenvalue weighted by Crippen LogP contribution is -2.55. The summed E-state index contributed by atoms with van der Waals surface area (Å²) in [5, 5.41) is 0. The van der Waals surface area contributed by atoms with Gasteiger partial charge in [0, 0.05) is 31.7 Å². The number of rotatable bonds is 6. The van der Waals surface area contributed by atoms with E-state index in [1.54, 1.807) is 0 Å². The highest BCUT2D eigenvalue weighted by Gasteiger charge is 2.32. The van der Waals surface area contributed by atoms with Crippen molar-refractivity contribution < 1.29 is 9.53 Å². The van der Waals surface area contributed by atoms with Crippen LogP contribution in [0.2, 0.25) is 0 Å². The van der Waals surface area contributed by atoms with Gasteiger partial charge in [-0.1, -0.05) is 55.5 Å². The summed E-state index contributed by atoms with van der Waals surface area (Å²) in [7, 11) is 0. The summed E-state index contributed by atoms with van der Waals surface area (Å²) in [6, 6.07) is 19.9. The minimum atomic E-state index is -0.0987. The summed E-state index contributed by atoms with van der Waals surface area (Å²) in [5.74, 6) is 2.23. The van der Waals surface area contributed by atoms with Crippen LogP contribution in [0.5, 0.6) is 11.6 Å². The summed E-state index contributed by atoms with van der Waals surface area (Å²) in [5.41, 5.74) is 2.14. The molecule has 2 aromatic carbocycles. The summed E-state index contributed by atoms with van der Waals surface area (Å²) in [6.07, 6.45) is 2.33. The van der Waals surface area contributed by atoms with Crippen molar-refractivity contribution in [1.29, 1.82) is 0 Å². The van der Waals surface area contributed by atoms with E-state index in [1.165, 1.54) is 6.33 Å². The average Bonchev–Trinajstić information content (AvgIpc) is 2.82. The van der Waals surface area contributed by atoms with Gasteiger partial charge in [0.2, 0.25) is 11.8 Å². The summed E-state index contributed by atoms with van der Waals surface area (Å²) < 4.78 is 5.98. The highest BCUT2D eigenvalue weighted by Crippen LogP contribution is 2.28. The third-order valence-electron chi connectivity index (χ3n) is 6.08. The first-order valence-electron chi connectivity index (χ1n) is 11.2. The van der Waals surface area contributed by atoms with Crippen molar-refractivity contribution >= 4 is 11.7 Å². The van der Waals surface area contributed by atoms with Crippen molar-refractivity contribution in [2.24, 2.45) is 0 Å². The van der Waals surface area contributed by atoms with E-state index >= 15 is 0 Å². The molecule has 1 aromatic heterocycles. The molecule has 6 heteroatoms. The molecule has 0 N–H and O–H groups in total. The van der Waals surface area contributed by atoms with Crippen LogP contribution in [0, 0.1) is 6.92 Å². The fraction of sp³-hybridized carbons (Fsp3) is 0.346. The van der Waals surface area contributed by atoms with Crippen molar-refractivity contribution in [3.05, 3.63) is 78.1 Å². The van der Waals surface area contributed by atoms with Crippen LogP contribution in [0.15, 0.2) is 67.0 Å². The average molecular weight is 431 g/mol. The van der Waals surface area contributed by atoms with E-state index < -0.39 is 0 Å². The van der Waals surface area contributed by atoms with Crippen molar-refractivity contribution in [2.75, 3.05) is 24.5 Å². The van der Waals surface area contributed by atoms with Gasteiger partial charge in [-0.15, -0.1) is 0 Å². The molecule has 166 valence electrons. The van der Waals surface area contributed by atoms with E-state index in [0.29, 0.717) is 12.4 Å². The molecule has 2 atom stereocenters. The molecule has 1 aliphatic rings. The van der Waals surface area contributed by atoms with E-state index in [4.69, 9.17) is 4.74 Å². The number of amides is 1. The quantitative estimate of drug-likeness (QED) is 0.562. The number of ether oxygens (including phenoxy) is 1. The highest BCUT2D eigenvalue weighted by molar-refractivity contribution is 5.84. The lowest BCUT2D eigenvalue weighted by molar-refractivity contribution is -0.135. The number of hydrogen-bond donors (Lipinski definition) is 0. The fourth-order valence-corrected chi connectivity index (χ4v) is 4.27. The van der Waals surface area contributed by atoms with Crippen LogP contribution in [0.25, 0.3) is 0 Å². The van der Waals surface area contributed by atoms with Crippen LogP contribution < -0.4 is 9.64 Å². The Balaban J connectivity index is 1.44. The maximum atomic E-state index is 13.3. The molecule has 6 nitrogen and oxygen atoms in total. The number of aromatic nitrogens is 2. The number of hydrogen-bond acceptors (Lipinski definition) is 5. The second-order valence-corrected chi connectivity index (χ2v) is 8.28.